The average molecular weight is 393 g/mol. The SMILES string of the molecule is Cc1ccc(Sc2ccc(C=C(C#N)C(=O)N3CCCC3)cc2[N+](=O)[O-])cc1. The molecule has 1 amide bonds. The number of aryl methyl sites for hydroxylation is 1. The van der Waals surface area contributed by atoms with Crippen LogP contribution in [-0.2, 0) is 4.79 Å². The Kier molecular flexibility index (Phi) is 6.12. The van der Waals surface area contributed by atoms with E-state index >= 15 is 0 Å². The third-order valence-electron chi connectivity index (χ3n) is 4.48. The molecule has 0 spiro atoms. The maximum Gasteiger partial charge on any atom is 0.283 e. The zero-order valence-electron chi connectivity index (χ0n) is 15.4. The molecule has 7 heteroatoms. The summed E-state index contributed by atoms with van der Waals surface area (Å²) in [5.41, 5.74) is 1.52. The molecule has 0 aromatic heterocycles. The van der Waals surface area contributed by atoms with E-state index in [0.717, 1.165) is 23.3 Å². The van der Waals surface area contributed by atoms with E-state index in [1.54, 1.807) is 17.0 Å². The van der Waals surface area contributed by atoms with Gasteiger partial charge in [-0.3, -0.25) is 14.9 Å². The van der Waals surface area contributed by atoms with Crippen LogP contribution in [0.25, 0.3) is 6.08 Å². The first-order chi connectivity index (χ1) is 13.5. The van der Waals surface area contributed by atoms with E-state index in [0.29, 0.717) is 23.5 Å². The molecule has 1 aliphatic rings. The van der Waals surface area contributed by atoms with E-state index in [4.69, 9.17) is 0 Å². The molecule has 1 saturated heterocycles. The molecule has 0 bridgehead atoms. The van der Waals surface area contributed by atoms with Crippen molar-refractivity contribution in [2.75, 3.05) is 13.1 Å². The summed E-state index contributed by atoms with van der Waals surface area (Å²) < 4.78 is 0. The summed E-state index contributed by atoms with van der Waals surface area (Å²) in [7, 11) is 0. The zero-order chi connectivity index (χ0) is 20.1. The van der Waals surface area contributed by atoms with Crippen LogP contribution in [-0.4, -0.2) is 28.8 Å². The van der Waals surface area contributed by atoms with Crippen LogP contribution in [0.2, 0.25) is 0 Å². The van der Waals surface area contributed by atoms with Crippen molar-refractivity contribution < 1.29 is 9.72 Å². The minimum Gasteiger partial charge on any atom is -0.338 e. The molecule has 1 fully saturated rings. The summed E-state index contributed by atoms with van der Waals surface area (Å²) in [6.45, 7) is 3.27. The number of likely N-dealkylation sites (tertiary alicyclic amines) is 1. The molecule has 142 valence electrons. The molecular weight excluding hydrogens is 374 g/mol. The third kappa shape index (κ3) is 4.59. The highest BCUT2D eigenvalue weighted by Crippen LogP contribution is 2.35. The highest BCUT2D eigenvalue weighted by Gasteiger charge is 2.22. The molecule has 1 aliphatic heterocycles. The maximum atomic E-state index is 12.4. The van der Waals surface area contributed by atoms with Gasteiger partial charge < -0.3 is 4.90 Å². The van der Waals surface area contributed by atoms with E-state index in [9.17, 15) is 20.2 Å². The number of nitriles is 1. The molecule has 0 radical (unpaired) electrons. The number of benzene rings is 2. The number of carbonyl (C=O) groups excluding carboxylic acids is 1. The van der Waals surface area contributed by atoms with Crippen molar-refractivity contribution >= 4 is 29.4 Å². The van der Waals surface area contributed by atoms with Gasteiger partial charge in [0, 0.05) is 24.1 Å². The van der Waals surface area contributed by atoms with Crippen LogP contribution in [0.4, 0.5) is 5.69 Å². The van der Waals surface area contributed by atoms with Crippen LogP contribution in [0, 0.1) is 28.4 Å². The van der Waals surface area contributed by atoms with E-state index in [2.05, 4.69) is 0 Å². The fourth-order valence-corrected chi connectivity index (χ4v) is 3.89. The van der Waals surface area contributed by atoms with Crippen molar-refractivity contribution in [1.82, 2.24) is 4.90 Å². The number of hydrogen-bond acceptors (Lipinski definition) is 5. The Morgan fingerprint density at radius 3 is 2.50 bits per heavy atom. The molecule has 0 N–H and O–H groups in total. The monoisotopic (exact) mass is 393 g/mol. The van der Waals surface area contributed by atoms with Crippen LogP contribution in [0.1, 0.15) is 24.0 Å². The van der Waals surface area contributed by atoms with Gasteiger partial charge in [-0.05, 0) is 49.6 Å². The van der Waals surface area contributed by atoms with Gasteiger partial charge >= 0.3 is 0 Å². The molecule has 2 aromatic rings. The highest BCUT2D eigenvalue weighted by molar-refractivity contribution is 7.99. The molecule has 2 aromatic carbocycles. The summed E-state index contributed by atoms with van der Waals surface area (Å²) >= 11 is 1.31. The largest absolute Gasteiger partial charge is 0.338 e. The van der Waals surface area contributed by atoms with Crippen LogP contribution in [0.15, 0.2) is 57.8 Å². The van der Waals surface area contributed by atoms with Gasteiger partial charge in [-0.2, -0.15) is 5.26 Å². The standard InChI is InChI=1S/C21H19N3O3S/c1-15-4-7-18(8-5-15)28-20-9-6-16(13-19(20)24(26)27)12-17(14-22)21(25)23-10-2-3-11-23/h4-9,12-13H,2-3,10-11H2,1H3. The zero-order valence-corrected chi connectivity index (χ0v) is 16.2. The molecule has 1 heterocycles. The Hall–Kier alpha value is -3.11. The predicted octanol–water partition coefficient (Wildman–Crippen LogP) is 4.58. The molecule has 0 aliphatic carbocycles. The minimum absolute atomic E-state index is 0.00450. The number of rotatable bonds is 5. The van der Waals surface area contributed by atoms with E-state index in [1.807, 2.05) is 37.3 Å². The normalized spacial score (nSPS) is 14.0. The van der Waals surface area contributed by atoms with Crippen LogP contribution in [0.5, 0.6) is 0 Å². The molecule has 0 unspecified atom stereocenters. The molecule has 0 atom stereocenters. The number of nitro benzene ring substituents is 1. The van der Waals surface area contributed by atoms with Crippen molar-refractivity contribution in [1.29, 1.82) is 5.26 Å². The Labute approximate surface area is 167 Å². The number of nitrogens with zero attached hydrogens (tertiary/aromatic N) is 3. The van der Waals surface area contributed by atoms with Gasteiger partial charge in [0.15, 0.2) is 0 Å². The van der Waals surface area contributed by atoms with Gasteiger partial charge in [0.25, 0.3) is 11.6 Å². The summed E-state index contributed by atoms with van der Waals surface area (Å²) in [5, 5.41) is 20.9. The maximum absolute atomic E-state index is 12.4. The first kappa shape index (κ1) is 19.6. The fourth-order valence-electron chi connectivity index (χ4n) is 2.99. The molecule has 0 saturated carbocycles. The van der Waals surface area contributed by atoms with Gasteiger partial charge in [-0.25, -0.2) is 0 Å². The molecule has 6 nitrogen and oxygen atoms in total. The van der Waals surface area contributed by atoms with Crippen LogP contribution in [0.3, 0.4) is 0 Å². The molecule has 3 rings (SSSR count). The second-order valence-corrected chi connectivity index (χ2v) is 7.68. The summed E-state index contributed by atoms with van der Waals surface area (Å²) in [5.74, 6) is -0.319. The first-order valence-electron chi connectivity index (χ1n) is 8.92. The second-order valence-electron chi connectivity index (χ2n) is 6.57. The Morgan fingerprint density at radius 1 is 1.21 bits per heavy atom. The summed E-state index contributed by atoms with van der Waals surface area (Å²) in [6, 6.07) is 14.4. The number of hydrogen-bond donors (Lipinski definition) is 0. The second kappa shape index (κ2) is 8.72. The lowest BCUT2D eigenvalue weighted by Crippen LogP contribution is -2.28. The van der Waals surface area contributed by atoms with Gasteiger partial charge in [0.1, 0.15) is 11.6 Å². The quantitative estimate of drug-likeness (QED) is 0.321. The number of nitro groups is 1. The van der Waals surface area contributed by atoms with Crippen molar-refractivity contribution in [3.63, 3.8) is 0 Å². The van der Waals surface area contributed by atoms with Gasteiger partial charge in [0.2, 0.25) is 0 Å². The lowest BCUT2D eigenvalue weighted by molar-refractivity contribution is -0.387. The van der Waals surface area contributed by atoms with Gasteiger partial charge in [-0.1, -0.05) is 35.5 Å². The van der Waals surface area contributed by atoms with E-state index < -0.39 is 4.92 Å². The van der Waals surface area contributed by atoms with E-state index in [1.165, 1.54) is 23.9 Å². The van der Waals surface area contributed by atoms with E-state index in [-0.39, 0.29) is 17.2 Å². The first-order valence-corrected chi connectivity index (χ1v) is 9.73. The Bertz CT molecular complexity index is 971. The van der Waals surface area contributed by atoms with Gasteiger partial charge in [-0.15, -0.1) is 0 Å². The summed E-state index contributed by atoms with van der Waals surface area (Å²) in [4.78, 5) is 26.6. The average Bonchev–Trinajstić information content (AvgIpc) is 3.23. The minimum atomic E-state index is -0.442. The predicted molar refractivity (Wildman–Crippen MR) is 108 cm³/mol. The molecular formula is C21H19N3O3S. The van der Waals surface area contributed by atoms with Crippen molar-refractivity contribution in [3.8, 4) is 6.07 Å². The third-order valence-corrected chi connectivity index (χ3v) is 5.56. The highest BCUT2D eigenvalue weighted by atomic mass is 32.2. The Morgan fingerprint density at radius 2 is 1.89 bits per heavy atom. The smallest absolute Gasteiger partial charge is 0.283 e. The molecule has 28 heavy (non-hydrogen) atoms. The topological polar surface area (TPSA) is 87.2 Å². The van der Waals surface area contributed by atoms with Crippen LogP contribution < -0.4 is 0 Å². The lowest BCUT2D eigenvalue weighted by atomic mass is 10.1. The Balaban J connectivity index is 1.89. The number of amides is 1. The van der Waals surface area contributed by atoms with Crippen molar-refractivity contribution in [3.05, 3.63) is 69.3 Å². The fraction of sp³-hybridized carbons (Fsp3) is 0.238. The number of carbonyl (C=O) groups is 1. The van der Waals surface area contributed by atoms with Crippen molar-refractivity contribution in [2.45, 2.75) is 29.6 Å². The lowest BCUT2D eigenvalue weighted by Gasteiger charge is -2.14. The van der Waals surface area contributed by atoms with Crippen LogP contribution >= 0.6 is 11.8 Å². The summed E-state index contributed by atoms with van der Waals surface area (Å²) in [6.07, 6.45) is 3.29. The van der Waals surface area contributed by atoms with Crippen molar-refractivity contribution in [2.24, 2.45) is 0 Å². The van der Waals surface area contributed by atoms with Gasteiger partial charge in [0.05, 0.1) is 9.82 Å².